The fraction of sp³-hybridized carbons (Fsp3) is 0.667. The molecule has 0 spiro atoms. The van der Waals surface area contributed by atoms with Crippen molar-refractivity contribution in [2.75, 3.05) is 31.9 Å². The predicted octanol–water partition coefficient (Wildman–Crippen LogP) is 1.33. The third-order valence-electron chi connectivity index (χ3n) is 3.17. The van der Waals surface area contributed by atoms with Crippen molar-refractivity contribution in [1.82, 2.24) is 15.2 Å². The van der Waals surface area contributed by atoms with Gasteiger partial charge in [0.05, 0.1) is 0 Å². The summed E-state index contributed by atoms with van der Waals surface area (Å²) in [5.74, 6) is -0.127. The van der Waals surface area contributed by atoms with E-state index in [1.54, 1.807) is 5.38 Å². The first-order valence-corrected chi connectivity index (χ1v) is 7.35. The summed E-state index contributed by atoms with van der Waals surface area (Å²) < 4.78 is 0. The summed E-state index contributed by atoms with van der Waals surface area (Å²) in [5.41, 5.74) is 5.92. The van der Waals surface area contributed by atoms with Crippen LogP contribution in [-0.4, -0.2) is 42.0 Å². The van der Waals surface area contributed by atoms with Gasteiger partial charge in [-0.15, -0.1) is 11.3 Å². The molecule has 1 aliphatic rings. The summed E-state index contributed by atoms with van der Waals surface area (Å²) >= 11 is 1.29. The summed E-state index contributed by atoms with van der Waals surface area (Å²) in [4.78, 5) is 18.1. The fourth-order valence-electron chi connectivity index (χ4n) is 2.17. The van der Waals surface area contributed by atoms with Crippen LogP contribution in [0.15, 0.2) is 5.38 Å². The van der Waals surface area contributed by atoms with Crippen LogP contribution >= 0.6 is 11.3 Å². The number of nitrogens with two attached hydrogens (primary N) is 1. The van der Waals surface area contributed by atoms with Gasteiger partial charge >= 0.3 is 0 Å². The van der Waals surface area contributed by atoms with Crippen LogP contribution in [0.1, 0.15) is 36.2 Å². The van der Waals surface area contributed by atoms with Gasteiger partial charge in [0.2, 0.25) is 0 Å². The number of nitrogens with one attached hydrogen (secondary N) is 1. The summed E-state index contributed by atoms with van der Waals surface area (Å²) in [6.07, 6.45) is 5.22. The number of hydrogen-bond donors (Lipinski definition) is 2. The van der Waals surface area contributed by atoms with E-state index in [2.05, 4.69) is 15.2 Å². The van der Waals surface area contributed by atoms with Gasteiger partial charge in [-0.25, -0.2) is 4.98 Å². The zero-order valence-corrected chi connectivity index (χ0v) is 11.3. The number of likely N-dealkylation sites (tertiary alicyclic amines) is 1. The molecule has 2 rings (SSSR count). The molecule has 1 aromatic rings. The minimum atomic E-state index is -0.127. The van der Waals surface area contributed by atoms with Gasteiger partial charge in [-0.3, -0.25) is 4.79 Å². The summed E-state index contributed by atoms with van der Waals surface area (Å²) in [6, 6.07) is 0. The highest BCUT2D eigenvalue weighted by atomic mass is 32.1. The van der Waals surface area contributed by atoms with Gasteiger partial charge in [0.25, 0.3) is 5.91 Å². The third-order valence-corrected chi connectivity index (χ3v) is 3.84. The molecule has 0 atom stereocenters. The van der Waals surface area contributed by atoms with E-state index in [1.807, 2.05) is 0 Å². The van der Waals surface area contributed by atoms with Gasteiger partial charge in [-0.2, -0.15) is 0 Å². The molecule has 0 saturated carbocycles. The molecule has 6 heteroatoms. The SMILES string of the molecule is Nc1nc(C(=O)NCCN2CCCCCC2)cs1. The first kappa shape index (κ1) is 13.3. The molecule has 1 aliphatic heterocycles. The number of thiazole rings is 1. The Balaban J connectivity index is 1.69. The van der Waals surface area contributed by atoms with Crippen LogP contribution in [0.5, 0.6) is 0 Å². The van der Waals surface area contributed by atoms with Crippen LogP contribution in [0.2, 0.25) is 0 Å². The molecule has 3 N–H and O–H groups in total. The molecule has 0 aromatic carbocycles. The number of amides is 1. The normalized spacial score (nSPS) is 17.3. The lowest BCUT2D eigenvalue weighted by molar-refractivity contribution is 0.0944. The molecule has 1 amide bonds. The molecule has 1 aromatic heterocycles. The second-order valence-electron chi connectivity index (χ2n) is 4.58. The Bertz CT molecular complexity index is 385. The first-order chi connectivity index (χ1) is 8.75. The number of aromatic nitrogens is 1. The maximum atomic E-state index is 11.7. The zero-order valence-electron chi connectivity index (χ0n) is 10.5. The Morgan fingerprint density at radius 2 is 2.11 bits per heavy atom. The average molecular weight is 268 g/mol. The van der Waals surface area contributed by atoms with E-state index in [0.717, 1.165) is 19.6 Å². The second kappa shape index (κ2) is 6.70. The van der Waals surface area contributed by atoms with Crippen LogP contribution < -0.4 is 11.1 Å². The van der Waals surface area contributed by atoms with Gasteiger partial charge in [-0.05, 0) is 25.9 Å². The predicted molar refractivity (Wildman–Crippen MR) is 73.8 cm³/mol. The summed E-state index contributed by atoms with van der Waals surface area (Å²) in [7, 11) is 0. The van der Waals surface area contributed by atoms with Gasteiger partial charge in [0, 0.05) is 18.5 Å². The molecule has 0 aliphatic carbocycles. The van der Waals surface area contributed by atoms with Crippen molar-refractivity contribution in [3.05, 3.63) is 11.1 Å². The molecular weight excluding hydrogens is 248 g/mol. The van der Waals surface area contributed by atoms with Crippen molar-refractivity contribution in [2.45, 2.75) is 25.7 Å². The van der Waals surface area contributed by atoms with E-state index in [1.165, 1.54) is 37.0 Å². The monoisotopic (exact) mass is 268 g/mol. The third kappa shape index (κ3) is 3.96. The molecule has 18 heavy (non-hydrogen) atoms. The first-order valence-electron chi connectivity index (χ1n) is 6.47. The van der Waals surface area contributed by atoms with E-state index >= 15 is 0 Å². The Labute approximate surface area is 111 Å². The van der Waals surface area contributed by atoms with Gasteiger partial charge < -0.3 is 16.0 Å². The van der Waals surface area contributed by atoms with Crippen molar-refractivity contribution in [1.29, 1.82) is 0 Å². The highest BCUT2D eigenvalue weighted by Gasteiger charge is 2.11. The van der Waals surface area contributed by atoms with E-state index < -0.39 is 0 Å². The smallest absolute Gasteiger partial charge is 0.270 e. The number of nitrogen functional groups attached to an aromatic ring is 1. The summed E-state index contributed by atoms with van der Waals surface area (Å²) in [5, 5.41) is 5.02. The number of rotatable bonds is 4. The largest absolute Gasteiger partial charge is 0.375 e. The Hall–Kier alpha value is -1.14. The fourth-order valence-corrected chi connectivity index (χ4v) is 2.71. The van der Waals surface area contributed by atoms with Crippen molar-refractivity contribution in [2.24, 2.45) is 0 Å². The lowest BCUT2D eigenvalue weighted by atomic mass is 10.2. The van der Waals surface area contributed by atoms with Crippen molar-refractivity contribution < 1.29 is 4.79 Å². The molecule has 2 heterocycles. The molecule has 0 bridgehead atoms. The molecule has 100 valence electrons. The van der Waals surface area contributed by atoms with Gasteiger partial charge in [0.15, 0.2) is 5.13 Å². The highest BCUT2D eigenvalue weighted by Crippen LogP contribution is 2.11. The van der Waals surface area contributed by atoms with Gasteiger partial charge in [0.1, 0.15) is 5.69 Å². The Morgan fingerprint density at radius 3 is 2.72 bits per heavy atom. The van der Waals surface area contributed by atoms with E-state index in [0.29, 0.717) is 17.4 Å². The molecule has 0 radical (unpaired) electrons. The molecular formula is C12H20N4OS. The minimum absolute atomic E-state index is 0.127. The number of carbonyl (C=O) groups excluding carboxylic acids is 1. The number of hydrogen-bond acceptors (Lipinski definition) is 5. The van der Waals surface area contributed by atoms with E-state index in [4.69, 9.17) is 5.73 Å². The van der Waals surface area contributed by atoms with Crippen LogP contribution in [0.4, 0.5) is 5.13 Å². The van der Waals surface area contributed by atoms with Gasteiger partial charge in [-0.1, -0.05) is 12.8 Å². The Morgan fingerprint density at radius 1 is 1.39 bits per heavy atom. The topological polar surface area (TPSA) is 71.2 Å². The molecule has 1 fully saturated rings. The number of anilines is 1. The zero-order chi connectivity index (χ0) is 12.8. The number of carbonyl (C=O) groups is 1. The molecule has 1 saturated heterocycles. The minimum Gasteiger partial charge on any atom is -0.375 e. The van der Waals surface area contributed by atoms with Crippen LogP contribution in [0.25, 0.3) is 0 Å². The second-order valence-corrected chi connectivity index (χ2v) is 5.47. The van der Waals surface area contributed by atoms with E-state index in [-0.39, 0.29) is 5.91 Å². The maximum absolute atomic E-state index is 11.7. The van der Waals surface area contributed by atoms with Crippen molar-refractivity contribution in [3.63, 3.8) is 0 Å². The highest BCUT2D eigenvalue weighted by molar-refractivity contribution is 7.13. The quantitative estimate of drug-likeness (QED) is 0.864. The number of nitrogens with zero attached hydrogens (tertiary/aromatic N) is 2. The van der Waals surface area contributed by atoms with Crippen LogP contribution in [0, 0.1) is 0 Å². The van der Waals surface area contributed by atoms with Crippen molar-refractivity contribution >= 4 is 22.4 Å². The van der Waals surface area contributed by atoms with E-state index in [9.17, 15) is 4.79 Å². The van der Waals surface area contributed by atoms with Crippen LogP contribution in [-0.2, 0) is 0 Å². The van der Waals surface area contributed by atoms with Crippen LogP contribution in [0.3, 0.4) is 0 Å². The molecule has 0 unspecified atom stereocenters. The standard InChI is InChI=1S/C12H20N4OS/c13-12-15-10(9-18-12)11(17)14-5-8-16-6-3-1-2-4-7-16/h9H,1-8H2,(H2,13,15)(H,14,17). The Kier molecular flexibility index (Phi) is 4.95. The summed E-state index contributed by atoms with van der Waals surface area (Å²) in [6.45, 7) is 3.90. The maximum Gasteiger partial charge on any atom is 0.270 e. The average Bonchev–Trinajstić information content (AvgIpc) is 2.63. The lowest BCUT2D eigenvalue weighted by Crippen LogP contribution is -2.35. The lowest BCUT2D eigenvalue weighted by Gasteiger charge is -2.19. The van der Waals surface area contributed by atoms with Crippen molar-refractivity contribution in [3.8, 4) is 0 Å². The molecule has 5 nitrogen and oxygen atoms in total.